The van der Waals surface area contributed by atoms with Gasteiger partial charge < -0.3 is 14.4 Å². The van der Waals surface area contributed by atoms with E-state index in [2.05, 4.69) is 4.74 Å². The summed E-state index contributed by atoms with van der Waals surface area (Å²) in [6, 6.07) is 6.62. The highest BCUT2D eigenvalue weighted by atomic mass is 35.5. The number of benzene rings is 1. The minimum atomic E-state index is -1.12. The number of carbonyl (C=O) groups excluding carboxylic acids is 4. The van der Waals surface area contributed by atoms with Gasteiger partial charge in [0, 0.05) is 23.7 Å². The molecule has 1 saturated heterocycles. The standard InChI is InChI=1S/C18H21ClN2O6/c1-11(15(22)20-18(25)26-2)27-17(24)13-7-9-21(10-8-13)16(23)12-3-5-14(19)6-4-12/h3-6,11,13H,7-10H2,1-2H3,(H,20,22,25)/t11-/m0/s1. The van der Waals surface area contributed by atoms with Crippen molar-refractivity contribution in [2.24, 2.45) is 5.92 Å². The summed E-state index contributed by atoms with van der Waals surface area (Å²) in [5, 5.41) is 2.50. The molecule has 146 valence electrons. The molecule has 0 radical (unpaired) electrons. The minimum absolute atomic E-state index is 0.121. The maximum absolute atomic E-state index is 12.5. The lowest BCUT2D eigenvalue weighted by Crippen LogP contribution is -2.43. The van der Waals surface area contributed by atoms with Gasteiger partial charge in [0.05, 0.1) is 13.0 Å². The van der Waals surface area contributed by atoms with Crippen LogP contribution >= 0.6 is 11.6 Å². The van der Waals surface area contributed by atoms with E-state index in [0.29, 0.717) is 36.5 Å². The number of methoxy groups -OCH3 is 1. The number of nitrogens with zero attached hydrogens (tertiary/aromatic N) is 1. The molecule has 0 aromatic heterocycles. The fraction of sp³-hybridized carbons (Fsp3) is 0.444. The Bertz CT molecular complexity index is 713. The molecule has 1 fully saturated rings. The number of nitrogens with one attached hydrogen (secondary N) is 1. The third-order valence-electron chi connectivity index (χ3n) is 4.28. The minimum Gasteiger partial charge on any atom is -0.453 e. The number of ether oxygens (including phenoxy) is 2. The molecule has 8 nitrogen and oxygen atoms in total. The lowest BCUT2D eigenvalue weighted by atomic mass is 9.96. The van der Waals surface area contributed by atoms with Crippen LogP contribution in [-0.2, 0) is 19.1 Å². The molecule has 1 aliphatic rings. The Morgan fingerprint density at radius 3 is 2.30 bits per heavy atom. The highest BCUT2D eigenvalue weighted by Crippen LogP contribution is 2.21. The second-order valence-electron chi connectivity index (χ2n) is 6.13. The summed E-state index contributed by atoms with van der Waals surface area (Å²) in [5.74, 6) is -1.82. The van der Waals surface area contributed by atoms with Gasteiger partial charge in [-0.3, -0.25) is 19.7 Å². The molecular formula is C18H21ClN2O6. The third-order valence-corrected chi connectivity index (χ3v) is 4.53. The summed E-state index contributed by atoms with van der Waals surface area (Å²) >= 11 is 5.83. The first-order valence-corrected chi connectivity index (χ1v) is 8.83. The first kappa shape index (κ1) is 20.7. The maximum Gasteiger partial charge on any atom is 0.413 e. The number of piperidine rings is 1. The summed E-state index contributed by atoms with van der Waals surface area (Å²) in [6.45, 7) is 2.18. The molecule has 1 N–H and O–H groups in total. The van der Waals surface area contributed by atoms with Crippen LogP contribution in [0.1, 0.15) is 30.1 Å². The van der Waals surface area contributed by atoms with Gasteiger partial charge in [-0.25, -0.2) is 4.79 Å². The average Bonchev–Trinajstić information content (AvgIpc) is 2.67. The quantitative estimate of drug-likeness (QED) is 0.781. The summed E-state index contributed by atoms with van der Waals surface area (Å²) in [7, 11) is 1.12. The number of imide groups is 1. The zero-order valence-electron chi connectivity index (χ0n) is 15.1. The summed E-state index contributed by atoms with van der Waals surface area (Å²) in [6.07, 6.45) is -1.17. The number of hydrogen-bond donors (Lipinski definition) is 1. The summed E-state index contributed by atoms with van der Waals surface area (Å²) in [4.78, 5) is 49.1. The van der Waals surface area contributed by atoms with Gasteiger partial charge in [-0.2, -0.15) is 0 Å². The van der Waals surface area contributed by atoms with E-state index < -0.39 is 30.0 Å². The van der Waals surface area contributed by atoms with Crippen molar-refractivity contribution in [1.29, 1.82) is 0 Å². The van der Waals surface area contributed by atoms with Gasteiger partial charge in [0.2, 0.25) is 0 Å². The van der Waals surface area contributed by atoms with Crippen LogP contribution in [0.3, 0.4) is 0 Å². The molecule has 27 heavy (non-hydrogen) atoms. The number of likely N-dealkylation sites (tertiary alicyclic amines) is 1. The maximum atomic E-state index is 12.5. The lowest BCUT2D eigenvalue weighted by molar-refractivity contribution is -0.159. The molecule has 1 aromatic rings. The van der Waals surface area contributed by atoms with Crippen LogP contribution < -0.4 is 5.32 Å². The highest BCUT2D eigenvalue weighted by Gasteiger charge is 2.31. The molecule has 0 aliphatic carbocycles. The Morgan fingerprint density at radius 1 is 1.15 bits per heavy atom. The molecule has 0 saturated carbocycles. The van der Waals surface area contributed by atoms with Crippen LogP contribution in [0.15, 0.2) is 24.3 Å². The topological polar surface area (TPSA) is 102 Å². The van der Waals surface area contributed by atoms with Crippen LogP contribution in [0.2, 0.25) is 5.02 Å². The van der Waals surface area contributed by atoms with Gasteiger partial charge in [0.15, 0.2) is 6.10 Å². The Labute approximate surface area is 161 Å². The molecule has 1 heterocycles. The van der Waals surface area contributed by atoms with Crippen LogP contribution in [-0.4, -0.2) is 55.1 Å². The van der Waals surface area contributed by atoms with Crippen LogP contribution in [0.25, 0.3) is 0 Å². The monoisotopic (exact) mass is 396 g/mol. The van der Waals surface area contributed by atoms with E-state index in [1.165, 1.54) is 6.92 Å². The predicted octanol–water partition coefficient (Wildman–Crippen LogP) is 2.01. The van der Waals surface area contributed by atoms with Crippen LogP contribution in [0.5, 0.6) is 0 Å². The van der Waals surface area contributed by atoms with E-state index in [1.807, 2.05) is 5.32 Å². The fourth-order valence-electron chi connectivity index (χ4n) is 2.67. The number of hydrogen-bond acceptors (Lipinski definition) is 6. The Morgan fingerprint density at radius 2 is 1.74 bits per heavy atom. The zero-order chi connectivity index (χ0) is 20.0. The average molecular weight is 397 g/mol. The smallest absolute Gasteiger partial charge is 0.413 e. The van der Waals surface area contributed by atoms with Crippen molar-refractivity contribution < 1.29 is 28.7 Å². The van der Waals surface area contributed by atoms with Gasteiger partial charge in [0.1, 0.15) is 0 Å². The zero-order valence-corrected chi connectivity index (χ0v) is 15.8. The first-order valence-electron chi connectivity index (χ1n) is 8.46. The highest BCUT2D eigenvalue weighted by molar-refractivity contribution is 6.30. The number of rotatable bonds is 4. The molecule has 0 unspecified atom stereocenters. The Kier molecular flexibility index (Phi) is 7.18. The molecule has 1 atom stereocenters. The molecule has 1 aliphatic heterocycles. The predicted molar refractivity (Wildman–Crippen MR) is 96.2 cm³/mol. The van der Waals surface area contributed by atoms with Crippen LogP contribution in [0, 0.1) is 5.92 Å². The molecule has 2 rings (SSSR count). The molecular weight excluding hydrogens is 376 g/mol. The summed E-state index contributed by atoms with van der Waals surface area (Å²) in [5.41, 5.74) is 0.536. The first-order chi connectivity index (χ1) is 12.8. The van der Waals surface area contributed by atoms with Crippen molar-refractivity contribution in [3.63, 3.8) is 0 Å². The number of amides is 3. The van der Waals surface area contributed by atoms with E-state index in [4.69, 9.17) is 16.3 Å². The normalized spacial score (nSPS) is 15.6. The van der Waals surface area contributed by atoms with Crippen LogP contribution in [0.4, 0.5) is 4.79 Å². The van der Waals surface area contributed by atoms with Gasteiger partial charge in [-0.05, 0) is 44.0 Å². The van der Waals surface area contributed by atoms with E-state index in [9.17, 15) is 19.2 Å². The molecule has 1 aromatic carbocycles. The van der Waals surface area contributed by atoms with E-state index >= 15 is 0 Å². The second kappa shape index (κ2) is 9.36. The number of halogens is 1. The molecule has 3 amide bonds. The third kappa shape index (κ3) is 5.68. The molecule has 0 bridgehead atoms. The van der Waals surface area contributed by atoms with Crippen molar-refractivity contribution in [2.75, 3.05) is 20.2 Å². The Balaban J connectivity index is 1.83. The van der Waals surface area contributed by atoms with E-state index in [0.717, 1.165) is 7.11 Å². The van der Waals surface area contributed by atoms with Gasteiger partial charge >= 0.3 is 12.1 Å². The largest absolute Gasteiger partial charge is 0.453 e. The lowest BCUT2D eigenvalue weighted by Gasteiger charge is -2.31. The van der Waals surface area contributed by atoms with Crippen molar-refractivity contribution in [2.45, 2.75) is 25.9 Å². The Hall–Kier alpha value is -2.61. The van der Waals surface area contributed by atoms with E-state index in [1.54, 1.807) is 29.2 Å². The number of carbonyl (C=O) groups is 4. The van der Waals surface area contributed by atoms with Gasteiger partial charge in [-0.1, -0.05) is 11.6 Å². The molecule has 0 spiro atoms. The summed E-state index contributed by atoms with van der Waals surface area (Å²) < 4.78 is 9.43. The fourth-order valence-corrected chi connectivity index (χ4v) is 2.80. The van der Waals surface area contributed by atoms with Gasteiger partial charge in [-0.15, -0.1) is 0 Å². The van der Waals surface area contributed by atoms with Crippen molar-refractivity contribution in [1.82, 2.24) is 10.2 Å². The van der Waals surface area contributed by atoms with E-state index in [-0.39, 0.29) is 5.91 Å². The SMILES string of the molecule is COC(=O)NC(=O)[C@H](C)OC(=O)C1CCN(C(=O)c2ccc(Cl)cc2)CC1. The number of alkyl carbamates (subject to hydrolysis) is 1. The second-order valence-corrected chi connectivity index (χ2v) is 6.57. The van der Waals surface area contributed by atoms with Gasteiger partial charge in [0.25, 0.3) is 11.8 Å². The molecule has 9 heteroatoms. The number of esters is 1. The van der Waals surface area contributed by atoms with Crippen molar-refractivity contribution >= 4 is 35.5 Å². The van der Waals surface area contributed by atoms with Crippen molar-refractivity contribution in [3.05, 3.63) is 34.9 Å². The van der Waals surface area contributed by atoms with Crippen molar-refractivity contribution in [3.8, 4) is 0 Å².